The van der Waals surface area contributed by atoms with Crippen molar-refractivity contribution < 1.29 is 17.2 Å². The van der Waals surface area contributed by atoms with E-state index in [9.17, 15) is 17.2 Å². The van der Waals surface area contributed by atoms with Gasteiger partial charge in [-0.25, -0.2) is 17.2 Å². The number of hydrogen-bond donors (Lipinski definition) is 2. The second-order valence-electron chi connectivity index (χ2n) is 4.03. The van der Waals surface area contributed by atoms with E-state index in [-0.39, 0.29) is 20.1 Å². The van der Waals surface area contributed by atoms with Crippen molar-refractivity contribution in [2.75, 3.05) is 10.5 Å². The van der Waals surface area contributed by atoms with Crippen molar-refractivity contribution >= 4 is 48.9 Å². The minimum absolute atomic E-state index is 0.0504. The molecule has 0 bridgehead atoms. The summed E-state index contributed by atoms with van der Waals surface area (Å²) in [6.07, 6.45) is 0. The van der Waals surface area contributed by atoms with Gasteiger partial charge < -0.3 is 5.73 Å². The first kappa shape index (κ1) is 16.0. The van der Waals surface area contributed by atoms with Crippen molar-refractivity contribution in [2.24, 2.45) is 0 Å². The van der Waals surface area contributed by atoms with Gasteiger partial charge >= 0.3 is 0 Å². The van der Waals surface area contributed by atoms with E-state index in [0.717, 1.165) is 12.1 Å². The fraction of sp³-hybridized carbons (Fsp3) is 0. The van der Waals surface area contributed by atoms with E-state index >= 15 is 0 Å². The molecule has 0 radical (unpaired) electrons. The van der Waals surface area contributed by atoms with Crippen LogP contribution in [-0.4, -0.2) is 8.42 Å². The molecule has 112 valence electrons. The van der Waals surface area contributed by atoms with E-state index in [1.807, 2.05) is 4.72 Å². The lowest BCUT2D eigenvalue weighted by Gasteiger charge is -2.12. The normalized spacial score (nSPS) is 11.4. The topological polar surface area (TPSA) is 72.2 Å². The van der Waals surface area contributed by atoms with Gasteiger partial charge in [-0.3, -0.25) is 4.72 Å². The van der Waals surface area contributed by atoms with Crippen molar-refractivity contribution in [3.05, 3.63) is 51.5 Å². The Hall–Kier alpha value is -1.38. The summed E-state index contributed by atoms with van der Waals surface area (Å²) in [5.41, 5.74) is 5.12. The van der Waals surface area contributed by atoms with E-state index in [2.05, 4.69) is 15.9 Å². The third-order valence-corrected chi connectivity index (χ3v) is 4.77. The van der Waals surface area contributed by atoms with Gasteiger partial charge in [-0.2, -0.15) is 0 Å². The minimum Gasteiger partial charge on any atom is -0.398 e. The quantitative estimate of drug-likeness (QED) is 0.775. The molecule has 0 atom stereocenters. The second-order valence-corrected chi connectivity index (χ2v) is 6.97. The highest BCUT2D eigenvalue weighted by atomic mass is 79.9. The number of anilines is 2. The Morgan fingerprint density at radius 2 is 1.86 bits per heavy atom. The molecule has 0 heterocycles. The van der Waals surface area contributed by atoms with E-state index in [1.165, 1.54) is 12.1 Å². The smallest absolute Gasteiger partial charge is 0.264 e. The largest absolute Gasteiger partial charge is 0.398 e. The predicted octanol–water partition coefficient (Wildman–Crippen LogP) is 3.76. The Morgan fingerprint density at radius 1 is 1.19 bits per heavy atom. The molecule has 0 aliphatic carbocycles. The molecule has 2 rings (SSSR count). The van der Waals surface area contributed by atoms with Crippen molar-refractivity contribution in [3.8, 4) is 0 Å². The van der Waals surface area contributed by atoms with Crippen LogP contribution in [0.5, 0.6) is 0 Å². The molecule has 0 aromatic heterocycles. The van der Waals surface area contributed by atoms with Crippen LogP contribution in [0.1, 0.15) is 0 Å². The highest BCUT2D eigenvalue weighted by molar-refractivity contribution is 9.10. The number of nitrogens with two attached hydrogens (primary N) is 1. The molecule has 0 amide bonds. The van der Waals surface area contributed by atoms with Crippen LogP contribution in [0.2, 0.25) is 5.02 Å². The summed E-state index contributed by atoms with van der Waals surface area (Å²) in [5.74, 6) is -1.91. The standard InChI is InChI=1S/C12H8BrClF2N2O2S/c13-8-4-7(15)5-9(16)12(8)18-21(19,20)11-3-6(14)1-2-10(11)17/h1-5,18H,17H2. The lowest BCUT2D eigenvalue weighted by molar-refractivity contribution is 0.581. The fourth-order valence-corrected chi connectivity index (χ4v) is 3.69. The molecule has 0 saturated heterocycles. The van der Waals surface area contributed by atoms with Crippen LogP contribution < -0.4 is 10.5 Å². The third-order valence-electron chi connectivity index (χ3n) is 2.51. The molecular formula is C12H8BrClF2N2O2S. The zero-order valence-electron chi connectivity index (χ0n) is 10.2. The second kappa shape index (κ2) is 5.78. The van der Waals surface area contributed by atoms with Crippen LogP contribution >= 0.6 is 27.5 Å². The summed E-state index contributed by atoms with van der Waals surface area (Å²) in [6.45, 7) is 0. The molecular weight excluding hydrogens is 390 g/mol. The van der Waals surface area contributed by atoms with Crippen molar-refractivity contribution in [1.29, 1.82) is 0 Å². The van der Waals surface area contributed by atoms with Gasteiger partial charge in [0.05, 0.1) is 11.4 Å². The molecule has 0 aliphatic heterocycles. The summed E-state index contributed by atoms with van der Waals surface area (Å²) >= 11 is 8.62. The molecule has 4 nitrogen and oxygen atoms in total. The van der Waals surface area contributed by atoms with Gasteiger partial charge in [0, 0.05) is 15.6 Å². The van der Waals surface area contributed by atoms with E-state index in [1.54, 1.807) is 0 Å². The van der Waals surface area contributed by atoms with Gasteiger partial charge in [0.15, 0.2) is 5.82 Å². The molecule has 9 heteroatoms. The van der Waals surface area contributed by atoms with E-state index < -0.39 is 27.3 Å². The van der Waals surface area contributed by atoms with Gasteiger partial charge in [0.25, 0.3) is 10.0 Å². The SMILES string of the molecule is Nc1ccc(Cl)cc1S(=O)(=O)Nc1c(F)cc(F)cc1Br. The van der Waals surface area contributed by atoms with Crippen molar-refractivity contribution in [2.45, 2.75) is 4.90 Å². The molecule has 2 aromatic rings. The molecule has 0 spiro atoms. The van der Waals surface area contributed by atoms with Gasteiger partial charge in [0.2, 0.25) is 0 Å². The monoisotopic (exact) mass is 396 g/mol. The lowest BCUT2D eigenvalue weighted by atomic mass is 10.3. The molecule has 0 unspecified atom stereocenters. The Balaban J connectivity index is 2.50. The maximum atomic E-state index is 13.7. The Labute approximate surface area is 133 Å². The highest BCUT2D eigenvalue weighted by Crippen LogP contribution is 2.31. The maximum absolute atomic E-state index is 13.7. The van der Waals surface area contributed by atoms with Gasteiger partial charge in [0.1, 0.15) is 10.7 Å². The molecule has 3 N–H and O–H groups in total. The van der Waals surface area contributed by atoms with Crippen molar-refractivity contribution in [1.82, 2.24) is 0 Å². The average Bonchev–Trinajstić information content (AvgIpc) is 2.36. The number of halogens is 4. The number of rotatable bonds is 3. The number of nitrogens with one attached hydrogen (secondary N) is 1. The Kier molecular flexibility index (Phi) is 4.40. The first-order valence-electron chi connectivity index (χ1n) is 5.43. The summed E-state index contributed by atoms with van der Waals surface area (Å²) in [6, 6.07) is 5.36. The van der Waals surface area contributed by atoms with Crippen LogP contribution in [0, 0.1) is 11.6 Å². The number of benzene rings is 2. The summed E-state index contributed by atoms with van der Waals surface area (Å²) in [7, 11) is -4.18. The average molecular weight is 398 g/mol. The van der Waals surface area contributed by atoms with Gasteiger partial charge in [-0.15, -0.1) is 0 Å². The van der Waals surface area contributed by atoms with Crippen LogP contribution in [0.25, 0.3) is 0 Å². The lowest BCUT2D eigenvalue weighted by Crippen LogP contribution is -2.16. The number of nitrogen functional groups attached to an aromatic ring is 1. The Morgan fingerprint density at radius 3 is 2.48 bits per heavy atom. The molecule has 21 heavy (non-hydrogen) atoms. The van der Waals surface area contributed by atoms with Gasteiger partial charge in [-0.1, -0.05) is 11.6 Å². The third kappa shape index (κ3) is 3.45. The maximum Gasteiger partial charge on any atom is 0.264 e. The van der Waals surface area contributed by atoms with Crippen LogP contribution in [-0.2, 0) is 10.0 Å². The van der Waals surface area contributed by atoms with Crippen LogP contribution in [0.3, 0.4) is 0 Å². The fourth-order valence-electron chi connectivity index (χ4n) is 1.57. The summed E-state index contributed by atoms with van der Waals surface area (Å²) in [5, 5.41) is 0.156. The summed E-state index contributed by atoms with van der Waals surface area (Å²) < 4.78 is 53.1. The van der Waals surface area contributed by atoms with E-state index in [4.69, 9.17) is 17.3 Å². The van der Waals surface area contributed by atoms with Crippen molar-refractivity contribution in [3.63, 3.8) is 0 Å². The molecule has 0 saturated carbocycles. The minimum atomic E-state index is -4.18. The number of sulfonamides is 1. The van der Waals surface area contributed by atoms with Crippen LogP contribution in [0.4, 0.5) is 20.2 Å². The first-order valence-corrected chi connectivity index (χ1v) is 8.08. The predicted molar refractivity (Wildman–Crippen MR) is 80.7 cm³/mol. The molecule has 0 aliphatic rings. The van der Waals surface area contributed by atoms with E-state index in [0.29, 0.717) is 6.07 Å². The summed E-state index contributed by atoms with van der Waals surface area (Å²) in [4.78, 5) is -0.300. The highest BCUT2D eigenvalue weighted by Gasteiger charge is 2.21. The number of hydrogen-bond acceptors (Lipinski definition) is 3. The zero-order chi connectivity index (χ0) is 15.8. The van der Waals surface area contributed by atoms with Gasteiger partial charge in [-0.05, 0) is 40.2 Å². The zero-order valence-corrected chi connectivity index (χ0v) is 13.4. The first-order chi connectivity index (χ1) is 9.70. The molecule has 2 aromatic carbocycles. The molecule has 0 fully saturated rings. The van der Waals surface area contributed by atoms with Crippen LogP contribution in [0.15, 0.2) is 39.7 Å². The Bertz CT molecular complexity index is 792.